The highest BCUT2D eigenvalue weighted by Gasteiger charge is 2.18. The SMILES string of the molecule is CCCCCCc1nn(C)c(N)c1-c1ccc(F)cc1Cl. The van der Waals surface area contributed by atoms with Crippen LogP contribution in [0.15, 0.2) is 18.2 Å². The summed E-state index contributed by atoms with van der Waals surface area (Å²) in [6.07, 6.45) is 5.50. The van der Waals surface area contributed by atoms with Crippen LogP contribution in [0.3, 0.4) is 0 Å². The molecule has 0 saturated heterocycles. The predicted molar refractivity (Wildman–Crippen MR) is 85.9 cm³/mol. The standard InChI is InChI=1S/C16H21ClFN3/c1-3-4-5-6-7-14-15(16(19)21(2)20-14)12-9-8-11(18)10-13(12)17/h8-10H,3-7,19H2,1-2H3. The molecular weight excluding hydrogens is 289 g/mol. The van der Waals surface area contributed by atoms with Crippen molar-refractivity contribution >= 4 is 17.4 Å². The van der Waals surface area contributed by atoms with Gasteiger partial charge in [-0.1, -0.05) is 37.8 Å². The summed E-state index contributed by atoms with van der Waals surface area (Å²) in [4.78, 5) is 0. The summed E-state index contributed by atoms with van der Waals surface area (Å²) in [5, 5.41) is 4.85. The van der Waals surface area contributed by atoms with Gasteiger partial charge in [0.2, 0.25) is 0 Å². The van der Waals surface area contributed by atoms with Gasteiger partial charge in [0, 0.05) is 18.2 Å². The summed E-state index contributed by atoms with van der Waals surface area (Å²) >= 11 is 6.17. The van der Waals surface area contributed by atoms with Gasteiger partial charge in [-0.15, -0.1) is 0 Å². The summed E-state index contributed by atoms with van der Waals surface area (Å²) in [7, 11) is 1.81. The smallest absolute Gasteiger partial charge is 0.129 e. The van der Waals surface area contributed by atoms with E-state index in [9.17, 15) is 4.39 Å². The number of halogens is 2. The summed E-state index contributed by atoms with van der Waals surface area (Å²) in [5.74, 6) is 0.213. The number of aryl methyl sites for hydroxylation is 2. The van der Waals surface area contributed by atoms with Crippen LogP contribution in [-0.2, 0) is 13.5 Å². The van der Waals surface area contributed by atoms with Gasteiger partial charge in [-0.25, -0.2) is 4.39 Å². The van der Waals surface area contributed by atoms with Gasteiger partial charge in [0.05, 0.1) is 10.7 Å². The zero-order valence-corrected chi connectivity index (χ0v) is 13.3. The van der Waals surface area contributed by atoms with E-state index in [2.05, 4.69) is 12.0 Å². The molecule has 1 aromatic heterocycles. The molecule has 0 bridgehead atoms. The van der Waals surface area contributed by atoms with Gasteiger partial charge < -0.3 is 5.73 Å². The molecule has 0 fully saturated rings. The van der Waals surface area contributed by atoms with E-state index in [4.69, 9.17) is 17.3 Å². The number of hydrogen-bond acceptors (Lipinski definition) is 2. The number of unbranched alkanes of at least 4 members (excludes halogenated alkanes) is 3. The van der Waals surface area contributed by atoms with E-state index in [-0.39, 0.29) is 5.82 Å². The van der Waals surface area contributed by atoms with Crippen LogP contribution in [0.2, 0.25) is 5.02 Å². The number of hydrogen-bond donors (Lipinski definition) is 1. The second kappa shape index (κ2) is 6.94. The zero-order chi connectivity index (χ0) is 15.4. The normalized spacial score (nSPS) is 11.0. The summed E-state index contributed by atoms with van der Waals surface area (Å²) in [6, 6.07) is 4.37. The fraction of sp³-hybridized carbons (Fsp3) is 0.438. The molecule has 0 radical (unpaired) electrons. The van der Waals surface area contributed by atoms with Crippen LogP contribution in [0.4, 0.5) is 10.2 Å². The molecule has 0 aliphatic carbocycles. The molecule has 0 unspecified atom stereocenters. The molecule has 0 saturated carbocycles. The lowest BCUT2D eigenvalue weighted by Gasteiger charge is -2.07. The van der Waals surface area contributed by atoms with E-state index in [1.165, 1.54) is 31.4 Å². The van der Waals surface area contributed by atoms with E-state index >= 15 is 0 Å². The lowest BCUT2D eigenvalue weighted by atomic mass is 10.0. The van der Waals surface area contributed by atoms with E-state index in [0.29, 0.717) is 10.8 Å². The first kappa shape index (κ1) is 15.8. The molecule has 0 spiro atoms. The third kappa shape index (κ3) is 3.56. The molecule has 21 heavy (non-hydrogen) atoms. The number of rotatable bonds is 6. The van der Waals surface area contributed by atoms with E-state index in [1.807, 2.05) is 7.05 Å². The second-order valence-corrected chi connectivity index (χ2v) is 5.67. The fourth-order valence-corrected chi connectivity index (χ4v) is 2.74. The largest absolute Gasteiger partial charge is 0.383 e. The first-order valence-electron chi connectivity index (χ1n) is 7.31. The average Bonchev–Trinajstić information content (AvgIpc) is 2.71. The minimum absolute atomic E-state index is 0.351. The summed E-state index contributed by atoms with van der Waals surface area (Å²) in [5.41, 5.74) is 8.63. The minimum atomic E-state index is -0.351. The topological polar surface area (TPSA) is 43.8 Å². The number of nitrogen functional groups attached to an aromatic ring is 1. The molecule has 0 atom stereocenters. The van der Waals surface area contributed by atoms with Gasteiger partial charge in [-0.3, -0.25) is 4.68 Å². The molecule has 0 aliphatic heterocycles. The number of aromatic nitrogens is 2. The Morgan fingerprint density at radius 3 is 2.71 bits per heavy atom. The molecule has 3 nitrogen and oxygen atoms in total. The van der Waals surface area contributed by atoms with Crippen LogP contribution >= 0.6 is 11.6 Å². The van der Waals surface area contributed by atoms with E-state index < -0.39 is 0 Å². The van der Waals surface area contributed by atoms with Gasteiger partial charge in [0.25, 0.3) is 0 Å². The van der Waals surface area contributed by atoms with Gasteiger partial charge >= 0.3 is 0 Å². The molecule has 1 aromatic carbocycles. The summed E-state index contributed by atoms with van der Waals surface area (Å²) in [6.45, 7) is 2.18. The van der Waals surface area contributed by atoms with Gasteiger partial charge in [0.1, 0.15) is 11.6 Å². The second-order valence-electron chi connectivity index (χ2n) is 5.27. The van der Waals surface area contributed by atoms with Crippen molar-refractivity contribution in [1.29, 1.82) is 0 Å². The third-order valence-electron chi connectivity index (χ3n) is 3.63. The highest BCUT2D eigenvalue weighted by Crippen LogP contribution is 2.35. The predicted octanol–water partition coefficient (Wildman–Crippen LogP) is 4.58. The fourth-order valence-electron chi connectivity index (χ4n) is 2.47. The Bertz CT molecular complexity index is 622. The van der Waals surface area contributed by atoms with Gasteiger partial charge in [-0.05, 0) is 31.0 Å². The van der Waals surface area contributed by atoms with Crippen LogP contribution in [0.25, 0.3) is 11.1 Å². The first-order chi connectivity index (χ1) is 10.0. The van der Waals surface area contributed by atoms with Crippen molar-refractivity contribution in [2.24, 2.45) is 7.05 Å². The molecule has 0 aliphatic rings. The monoisotopic (exact) mass is 309 g/mol. The van der Waals surface area contributed by atoms with Gasteiger partial charge in [-0.2, -0.15) is 5.10 Å². The molecule has 2 N–H and O–H groups in total. The molecule has 2 rings (SSSR count). The Hall–Kier alpha value is -1.55. The quantitative estimate of drug-likeness (QED) is 0.793. The maximum Gasteiger partial charge on any atom is 0.129 e. The zero-order valence-electron chi connectivity index (χ0n) is 12.5. The van der Waals surface area contributed by atoms with Crippen LogP contribution in [0.1, 0.15) is 38.3 Å². The number of nitrogens with zero attached hydrogens (tertiary/aromatic N) is 2. The van der Waals surface area contributed by atoms with Crippen LogP contribution in [0, 0.1) is 5.82 Å². The number of anilines is 1. The molecule has 2 aromatic rings. The Morgan fingerprint density at radius 1 is 1.29 bits per heavy atom. The van der Waals surface area contributed by atoms with E-state index in [1.54, 1.807) is 10.7 Å². The van der Waals surface area contributed by atoms with Crippen molar-refractivity contribution in [3.63, 3.8) is 0 Å². The maximum absolute atomic E-state index is 13.2. The van der Waals surface area contributed by atoms with Gasteiger partial charge in [0.15, 0.2) is 0 Å². The lowest BCUT2D eigenvalue weighted by Crippen LogP contribution is -1.98. The van der Waals surface area contributed by atoms with Crippen LogP contribution < -0.4 is 5.73 Å². The third-order valence-corrected chi connectivity index (χ3v) is 3.94. The molecule has 5 heteroatoms. The highest BCUT2D eigenvalue weighted by atomic mass is 35.5. The lowest BCUT2D eigenvalue weighted by molar-refractivity contribution is 0.628. The van der Waals surface area contributed by atoms with Crippen LogP contribution in [0.5, 0.6) is 0 Å². The summed E-state index contributed by atoms with van der Waals surface area (Å²) < 4.78 is 14.9. The Balaban J connectivity index is 2.33. The van der Waals surface area contributed by atoms with Crippen LogP contribution in [-0.4, -0.2) is 9.78 Å². The Labute approximate surface area is 129 Å². The Kier molecular flexibility index (Phi) is 5.23. The molecule has 114 valence electrons. The highest BCUT2D eigenvalue weighted by molar-refractivity contribution is 6.33. The van der Waals surface area contributed by atoms with Crippen molar-refractivity contribution in [1.82, 2.24) is 9.78 Å². The van der Waals surface area contributed by atoms with Crippen molar-refractivity contribution in [3.05, 3.63) is 34.7 Å². The van der Waals surface area contributed by atoms with Crippen molar-refractivity contribution < 1.29 is 4.39 Å². The van der Waals surface area contributed by atoms with Crippen molar-refractivity contribution in [2.45, 2.75) is 39.0 Å². The molecular formula is C16H21ClFN3. The number of nitrogens with two attached hydrogens (primary N) is 1. The maximum atomic E-state index is 13.2. The average molecular weight is 310 g/mol. The Morgan fingerprint density at radius 2 is 2.05 bits per heavy atom. The van der Waals surface area contributed by atoms with Crippen molar-refractivity contribution in [3.8, 4) is 11.1 Å². The first-order valence-corrected chi connectivity index (χ1v) is 7.69. The molecule has 0 amide bonds. The number of benzene rings is 1. The van der Waals surface area contributed by atoms with E-state index in [0.717, 1.165) is 29.7 Å². The molecule has 1 heterocycles. The minimum Gasteiger partial charge on any atom is -0.383 e. The van der Waals surface area contributed by atoms with Crippen molar-refractivity contribution in [2.75, 3.05) is 5.73 Å².